The van der Waals surface area contributed by atoms with Gasteiger partial charge in [0.25, 0.3) is 5.91 Å². The lowest BCUT2D eigenvalue weighted by Crippen LogP contribution is -2.31. The van der Waals surface area contributed by atoms with Gasteiger partial charge in [0, 0.05) is 37.5 Å². The van der Waals surface area contributed by atoms with Gasteiger partial charge in [-0.2, -0.15) is 8.42 Å². The average Bonchev–Trinajstić information content (AvgIpc) is 3.00. The first-order valence-electron chi connectivity index (χ1n) is 7.20. The Morgan fingerprint density at radius 3 is 2.23 bits per heavy atom. The number of carbonyl (C=O) groups excluding carboxylic acids is 1. The second-order valence-electron chi connectivity index (χ2n) is 5.32. The molecule has 1 amide bonds. The predicted octanol–water partition coefficient (Wildman–Crippen LogP) is 0.357. The highest BCUT2D eigenvalue weighted by atomic mass is 35.5. The summed E-state index contributed by atoms with van der Waals surface area (Å²) in [6.45, 7) is 0.740. The van der Waals surface area contributed by atoms with Gasteiger partial charge in [-0.1, -0.05) is 12.1 Å². The molecule has 0 unspecified atom stereocenters. The Hall–Kier alpha value is -2.40. The Morgan fingerprint density at radius 1 is 1.19 bits per heavy atom. The van der Waals surface area contributed by atoms with E-state index in [1.165, 1.54) is 23.1 Å². The number of amides is 1. The van der Waals surface area contributed by atoms with Crippen LogP contribution in [0.1, 0.15) is 20.8 Å². The van der Waals surface area contributed by atoms with E-state index in [1.54, 1.807) is 19.2 Å². The smallest absolute Gasteiger partial charge is 0.354 e. The number of carboxylic acid groups (broad SMARTS) is 1. The van der Waals surface area contributed by atoms with Gasteiger partial charge in [0.1, 0.15) is 0 Å². The first-order valence-corrected chi connectivity index (χ1v) is 8.71. The zero-order chi connectivity index (χ0) is 18.8. The Balaban J connectivity index is 0.00000338. The molecule has 0 atom stereocenters. The quantitative estimate of drug-likeness (QED) is 0.635. The summed E-state index contributed by atoms with van der Waals surface area (Å²) < 4.78 is 23.5. The number of aromatic nitrogens is 1. The summed E-state index contributed by atoms with van der Waals surface area (Å²) in [5, 5.41) is 14.3. The normalized spacial score (nSPS) is 10.9. The van der Waals surface area contributed by atoms with Crippen LogP contribution in [0.5, 0.6) is 0 Å². The lowest BCUT2D eigenvalue weighted by Gasteiger charge is -2.16. The highest BCUT2D eigenvalue weighted by Gasteiger charge is 2.23. The zero-order valence-corrected chi connectivity index (χ0v) is 15.5. The summed E-state index contributed by atoms with van der Waals surface area (Å²) >= 11 is 0. The van der Waals surface area contributed by atoms with Gasteiger partial charge in [0.15, 0.2) is 5.69 Å². The SMILES string of the molecule is CN(CCN)C(=O)c1ccc(-c2ccn(S(N)(=O)=O)c2C(=O)O)cc1.Cl. The topological polar surface area (TPSA) is 149 Å². The van der Waals surface area contributed by atoms with Crippen molar-refractivity contribution in [1.29, 1.82) is 0 Å². The van der Waals surface area contributed by atoms with E-state index in [0.717, 1.165) is 6.20 Å². The van der Waals surface area contributed by atoms with Crippen LogP contribution in [0.25, 0.3) is 11.1 Å². The molecule has 0 saturated heterocycles. The largest absolute Gasteiger partial charge is 0.477 e. The van der Waals surface area contributed by atoms with Crippen LogP contribution < -0.4 is 10.9 Å². The van der Waals surface area contributed by atoms with Crippen LogP contribution in [0, 0.1) is 0 Å². The second-order valence-corrected chi connectivity index (χ2v) is 6.74. The van der Waals surface area contributed by atoms with Crippen molar-refractivity contribution in [2.24, 2.45) is 10.9 Å². The molecule has 1 aromatic carbocycles. The zero-order valence-electron chi connectivity index (χ0n) is 13.8. The molecule has 9 nitrogen and oxygen atoms in total. The minimum absolute atomic E-state index is 0. The summed E-state index contributed by atoms with van der Waals surface area (Å²) in [5.41, 5.74) is 5.97. The molecule has 0 spiro atoms. The first kappa shape index (κ1) is 21.6. The number of benzene rings is 1. The number of likely N-dealkylation sites (N-methyl/N-ethyl adjacent to an activating group) is 1. The van der Waals surface area contributed by atoms with Crippen molar-refractivity contribution >= 4 is 34.5 Å². The number of nitrogens with zero attached hydrogens (tertiary/aromatic N) is 2. The number of aromatic carboxylic acids is 1. The minimum atomic E-state index is -4.24. The molecule has 0 saturated carbocycles. The molecular weight excluding hydrogens is 384 g/mol. The number of carboxylic acids is 1. The minimum Gasteiger partial charge on any atom is -0.477 e. The molecule has 0 radical (unpaired) electrons. The fraction of sp³-hybridized carbons (Fsp3) is 0.200. The monoisotopic (exact) mass is 402 g/mol. The van der Waals surface area contributed by atoms with Gasteiger partial charge in [0.05, 0.1) is 0 Å². The first-order chi connectivity index (χ1) is 11.7. The predicted molar refractivity (Wildman–Crippen MR) is 98.6 cm³/mol. The van der Waals surface area contributed by atoms with E-state index in [1.807, 2.05) is 0 Å². The number of carbonyl (C=O) groups is 2. The number of hydrogen-bond acceptors (Lipinski definition) is 5. The lowest BCUT2D eigenvalue weighted by molar-refractivity contribution is 0.0689. The van der Waals surface area contributed by atoms with E-state index in [9.17, 15) is 23.1 Å². The van der Waals surface area contributed by atoms with E-state index >= 15 is 0 Å². The van der Waals surface area contributed by atoms with Gasteiger partial charge in [-0.05, 0) is 23.8 Å². The van der Waals surface area contributed by atoms with Crippen molar-refractivity contribution in [2.75, 3.05) is 20.1 Å². The number of halogens is 1. The molecular formula is C15H19ClN4O5S. The summed E-state index contributed by atoms with van der Waals surface area (Å²) in [7, 11) is -2.62. The van der Waals surface area contributed by atoms with Crippen molar-refractivity contribution < 1.29 is 23.1 Å². The maximum absolute atomic E-state index is 12.2. The average molecular weight is 403 g/mol. The van der Waals surface area contributed by atoms with Crippen molar-refractivity contribution in [1.82, 2.24) is 8.87 Å². The van der Waals surface area contributed by atoms with Gasteiger partial charge in [0.2, 0.25) is 0 Å². The molecule has 0 aliphatic rings. The van der Waals surface area contributed by atoms with Crippen molar-refractivity contribution in [3.05, 3.63) is 47.8 Å². The Labute approximate surface area is 156 Å². The van der Waals surface area contributed by atoms with Crippen LogP contribution in [0.15, 0.2) is 36.5 Å². The van der Waals surface area contributed by atoms with Gasteiger partial charge in [-0.3, -0.25) is 4.79 Å². The third kappa shape index (κ3) is 4.41. The van der Waals surface area contributed by atoms with Crippen LogP contribution in [-0.4, -0.2) is 54.4 Å². The fourth-order valence-corrected chi connectivity index (χ4v) is 3.04. The molecule has 1 aromatic heterocycles. The van der Waals surface area contributed by atoms with Crippen LogP contribution in [0.3, 0.4) is 0 Å². The van der Waals surface area contributed by atoms with Crippen molar-refractivity contribution in [2.45, 2.75) is 0 Å². The molecule has 0 aliphatic carbocycles. The molecule has 11 heteroatoms. The van der Waals surface area contributed by atoms with E-state index in [2.05, 4.69) is 0 Å². The molecule has 5 N–H and O–H groups in total. The van der Waals surface area contributed by atoms with E-state index in [-0.39, 0.29) is 23.9 Å². The summed E-state index contributed by atoms with van der Waals surface area (Å²) in [6, 6.07) is 7.48. The van der Waals surface area contributed by atoms with Crippen LogP contribution >= 0.6 is 12.4 Å². The highest BCUT2D eigenvalue weighted by Crippen LogP contribution is 2.26. The fourth-order valence-electron chi connectivity index (χ4n) is 2.38. The van der Waals surface area contributed by atoms with Crippen LogP contribution in [0.4, 0.5) is 0 Å². The molecule has 26 heavy (non-hydrogen) atoms. The third-order valence-electron chi connectivity index (χ3n) is 3.58. The van der Waals surface area contributed by atoms with Crippen LogP contribution in [0.2, 0.25) is 0 Å². The van der Waals surface area contributed by atoms with E-state index < -0.39 is 21.9 Å². The molecule has 0 fully saturated rings. The molecule has 1 heterocycles. The van der Waals surface area contributed by atoms with Gasteiger partial charge < -0.3 is 15.7 Å². The van der Waals surface area contributed by atoms with E-state index in [0.29, 0.717) is 28.2 Å². The third-order valence-corrected chi connectivity index (χ3v) is 4.44. The Bertz CT molecular complexity index is 909. The maximum Gasteiger partial charge on any atom is 0.354 e. The molecule has 2 aromatic rings. The van der Waals surface area contributed by atoms with Gasteiger partial charge in [-0.25, -0.2) is 13.9 Å². The Kier molecular flexibility index (Phi) is 6.93. The van der Waals surface area contributed by atoms with Crippen molar-refractivity contribution in [3.8, 4) is 11.1 Å². The molecule has 142 valence electrons. The van der Waals surface area contributed by atoms with Gasteiger partial charge >= 0.3 is 16.2 Å². The summed E-state index contributed by atoms with van der Waals surface area (Å²) in [4.78, 5) is 25.1. The second kappa shape index (κ2) is 8.32. The Morgan fingerprint density at radius 2 is 1.77 bits per heavy atom. The number of rotatable bonds is 6. The van der Waals surface area contributed by atoms with Crippen molar-refractivity contribution in [3.63, 3.8) is 0 Å². The molecule has 0 aliphatic heterocycles. The van der Waals surface area contributed by atoms with Crippen LogP contribution in [-0.2, 0) is 10.2 Å². The standard InChI is InChI=1S/C15H18N4O5S.ClH/c1-18(9-7-16)14(20)11-4-2-10(3-5-11)12-6-8-19(25(17,23)24)13(12)15(21)22;/h2-6,8H,7,9,16H2,1H3,(H,21,22)(H2,17,23,24);1H. The number of nitrogens with two attached hydrogens (primary N) is 2. The molecule has 2 rings (SSSR count). The number of hydrogen-bond donors (Lipinski definition) is 3. The van der Waals surface area contributed by atoms with E-state index in [4.69, 9.17) is 10.9 Å². The highest BCUT2D eigenvalue weighted by molar-refractivity contribution is 7.87. The van der Waals surface area contributed by atoms with Gasteiger partial charge in [-0.15, -0.1) is 12.4 Å². The summed E-state index contributed by atoms with van der Waals surface area (Å²) in [5.74, 6) is -1.66. The lowest BCUT2D eigenvalue weighted by atomic mass is 10.0. The maximum atomic E-state index is 12.2. The molecule has 0 bridgehead atoms. The summed E-state index contributed by atoms with van der Waals surface area (Å²) in [6.07, 6.45) is 1.07.